The molecule has 0 aliphatic heterocycles. The summed E-state index contributed by atoms with van der Waals surface area (Å²) in [5.41, 5.74) is 7.82. The molecule has 1 unspecified atom stereocenters. The van der Waals surface area contributed by atoms with Crippen LogP contribution < -0.4 is 5.73 Å². The highest BCUT2D eigenvalue weighted by molar-refractivity contribution is 7.98. The Hall–Kier alpha value is -1.27. The minimum Gasteiger partial charge on any atom is -0.397 e. The molecule has 0 radical (unpaired) electrons. The van der Waals surface area contributed by atoms with Gasteiger partial charge >= 0.3 is 0 Å². The van der Waals surface area contributed by atoms with Crippen LogP contribution in [0.5, 0.6) is 0 Å². The monoisotopic (exact) mass is 323 g/mol. The van der Waals surface area contributed by atoms with Gasteiger partial charge in [-0.05, 0) is 43.9 Å². The molecule has 0 aromatic carbocycles. The second kappa shape index (κ2) is 6.66. The summed E-state index contributed by atoms with van der Waals surface area (Å²) in [4.78, 5) is 20.2. The Balaban J connectivity index is 2.31. The first kappa shape index (κ1) is 16.1. The summed E-state index contributed by atoms with van der Waals surface area (Å²) in [5.74, 6) is 1.03. The summed E-state index contributed by atoms with van der Waals surface area (Å²) in [5, 5.41) is 0.913. The van der Waals surface area contributed by atoms with E-state index in [1.54, 1.807) is 22.9 Å². The molecule has 0 saturated carbocycles. The second-order valence-corrected chi connectivity index (χ2v) is 7.18. The normalized spacial score (nSPS) is 12.6. The molecule has 0 bridgehead atoms. The number of aryl methyl sites for hydroxylation is 1. The highest BCUT2D eigenvalue weighted by Crippen LogP contribution is 2.35. The predicted octanol–water partition coefficient (Wildman–Crippen LogP) is 3.40. The Bertz CT molecular complexity index is 654. The van der Waals surface area contributed by atoms with Crippen molar-refractivity contribution < 1.29 is 4.79 Å². The minimum absolute atomic E-state index is 0.0106. The van der Waals surface area contributed by atoms with E-state index in [0.717, 1.165) is 28.0 Å². The van der Waals surface area contributed by atoms with Gasteiger partial charge in [-0.3, -0.25) is 4.79 Å². The van der Waals surface area contributed by atoms with Crippen LogP contribution in [-0.2, 0) is 0 Å². The Kier molecular flexibility index (Phi) is 5.11. The lowest BCUT2D eigenvalue weighted by Crippen LogP contribution is -2.35. The summed E-state index contributed by atoms with van der Waals surface area (Å²) in [6.07, 6.45) is 4.81. The van der Waals surface area contributed by atoms with Crippen LogP contribution in [0.2, 0.25) is 0 Å². The first-order valence-electron chi connectivity index (χ1n) is 6.87. The maximum atomic E-state index is 12.7. The number of nitrogens with two attached hydrogens (primary N) is 1. The number of hydrogen-bond donors (Lipinski definition) is 1. The molecule has 1 atom stereocenters. The van der Waals surface area contributed by atoms with Gasteiger partial charge in [-0.15, -0.1) is 11.3 Å². The third kappa shape index (κ3) is 3.16. The summed E-state index contributed by atoms with van der Waals surface area (Å²) in [6, 6.07) is 2.12. The number of carbonyl (C=O) groups excluding carboxylic acids is 1. The number of aromatic nitrogens is 1. The quantitative estimate of drug-likeness (QED) is 0.916. The molecule has 0 spiro atoms. The Labute approximate surface area is 133 Å². The Morgan fingerprint density at radius 3 is 2.90 bits per heavy atom. The molecule has 0 saturated heterocycles. The van der Waals surface area contributed by atoms with Gasteiger partial charge in [0, 0.05) is 24.7 Å². The van der Waals surface area contributed by atoms with E-state index >= 15 is 0 Å². The lowest BCUT2D eigenvalue weighted by Gasteiger charge is -2.24. The smallest absolute Gasteiger partial charge is 0.266 e. The first-order chi connectivity index (χ1) is 9.97. The lowest BCUT2D eigenvalue weighted by molar-refractivity contribution is 0.0747. The molecule has 114 valence electrons. The van der Waals surface area contributed by atoms with E-state index in [2.05, 4.69) is 18.2 Å². The number of hydrogen-bond acceptors (Lipinski definition) is 5. The van der Waals surface area contributed by atoms with Crippen molar-refractivity contribution in [3.05, 3.63) is 22.7 Å². The van der Waals surface area contributed by atoms with Crippen LogP contribution in [0.15, 0.2) is 12.3 Å². The molecule has 2 N–H and O–H groups in total. The molecule has 2 aromatic heterocycles. The van der Waals surface area contributed by atoms with Crippen molar-refractivity contribution in [1.82, 2.24) is 9.88 Å². The van der Waals surface area contributed by atoms with Crippen LogP contribution in [0.25, 0.3) is 10.2 Å². The first-order valence-corrected chi connectivity index (χ1v) is 9.08. The third-order valence-corrected chi connectivity index (χ3v) is 5.50. The largest absolute Gasteiger partial charge is 0.397 e. The summed E-state index contributed by atoms with van der Waals surface area (Å²) >= 11 is 3.18. The molecule has 0 aliphatic carbocycles. The molecular formula is C15H21N3OS2. The number of thiophene rings is 1. The number of rotatable bonds is 5. The summed E-state index contributed by atoms with van der Waals surface area (Å²) in [7, 11) is 1.84. The van der Waals surface area contributed by atoms with Gasteiger partial charge in [0.05, 0.1) is 5.69 Å². The van der Waals surface area contributed by atoms with Gasteiger partial charge in [-0.1, -0.05) is 0 Å². The number of anilines is 1. The fraction of sp³-hybridized carbons (Fsp3) is 0.467. The standard InChI is InChI=1S/C15H21N3OS2/c1-9-5-7-17-14-11(9)12(16)13(21-14)15(19)18(3)10(2)6-8-20-4/h5,7,10H,6,8,16H2,1-4H3. The number of nitrogens with zero attached hydrogens (tertiary/aromatic N) is 2. The zero-order chi connectivity index (χ0) is 15.6. The van der Waals surface area contributed by atoms with E-state index in [9.17, 15) is 4.79 Å². The highest BCUT2D eigenvalue weighted by Gasteiger charge is 2.23. The fourth-order valence-corrected chi connectivity index (χ4v) is 3.90. The van der Waals surface area contributed by atoms with Gasteiger partial charge in [-0.2, -0.15) is 11.8 Å². The van der Waals surface area contributed by atoms with E-state index < -0.39 is 0 Å². The lowest BCUT2D eigenvalue weighted by atomic mass is 10.1. The summed E-state index contributed by atoms with van der Waals surface area (Å²) in [6.45, 7) is 4.06. The molecule has 0 aliphatic rings. The van der Waals surface area contributed by atoms with Crippen LogP contribution >= 0.6 is 23.1 Å². The van der Waals surface area contributed by atoms with Crippen LogP contribution in [0, 0.1) is 6.92 Å². The SMILES string of the molecule is CSCCC(C)N(C)C(=O)c1sc2nccc(C)c2c1N. The zero-order valence-corrected chi connectivity index (χ0v) is 14.5. The third-order valence-electron chi connectivity index (χ3n) is 3.75. The molecule has 2 aromatic rings. The Morgan fingerprint density at radius 2 is 2.29 bits per heavy atom. The number of fused-ring (bicyclic) bond motifs is 1. The number of pyridine rings is 1. The predicted molar refractivity (Wildman–Crippen MR) is 93.3 cm³/mol. The van der Waals surface area contributed by atoms with Crippen molar-refractivity contribution >= 4 is 44.9 Å². The maximum Gasteiger partial charge on any atom is 0.266 e. The van der Waals surface area contributed by atoms with E-state index in [4.69, 9.17) is 5.73 Å². The molecule has 1 amide bonds. The topological polar surface area (TPSA) is 59.2 Å². The average Bonchev–Trinajstić information content (AvgIpc) is 2.81. The van der Waals surface area contributed by atoms with E-state index in [-0.39, 0.29) is 11.9 Å². The Morgan fingerprint density at radius 1 is 1.57 bits per heavy atom. The van der Waals surface area contributed by atoms with Crippen LogP contribution in [0.3, 0.4) is 0 Å². The zero-order valence-electron chi connectivity index (χ0n) is 12.8. The van der Waals surface area contributed by atoms with E-state index in [0.29, 0.717) is 10.6 Å². The van der Waals surface area contributed by atoms with Crippen molar-refractivity contribution in [1.29, 1.82) is 0 Å². The molecule has 0 fully saturated rings. The molecule has 2 rings (SSSR count). The minimum atomic E-state index is -0.0106. The van der Waals surface area contributed by atoms with Gasteiger partial charge in [-0.25, -0.2) is 4.98 Å². The highest BCUT2D eigenvalue weighted by atomic mass is 32.2. The number of amides is 1. The maximum absolute atomic E-state index is 12.7. The average molecular weight is 323 g/mol. The number of nitrogen functional groups attached to an aromatic ring is 1. The van der Waals surface area contributed by atoms with Crippen LogP contribution in [-0.4, -0.2) is 40.9 Å². The van der Waals surface area contributed by atoms with Gasteiger partial charge in [0.15, 0.2) is 0 Å². The van der Waals surface area contributed by atoms with Crippen molar-refractivity contribution in [3.8, 4) is 0 Å². The fourth-order valence-electron chi connectivity index (χ4n) is 2.20. The van der Waals surface area contributed by atoms with Gasteiger partial charge < -0.3 is 10.6 Å². The van der Waals surface area contributed by atoms with Crippen molar-refractivity contribution in [2.45, 2.75) is 26.3 Å². The summed E-state index contributed by atoms with van der Waals surface area (Å²) < 4.78 is 0. The van der Waals surface area contributed by atoms with Crippen LogP contribution in [0.4, 0.5) is 5.69 Å². The van der Waals surface area contributed by atoms with Crippen molar-refractivity contribution in [3.63, 3.8) is 0 Å². The van der Waals surface area contributed by atoms with E-state index in [1.807, 2.05) is 20.0 Å². The van der Waals surface area contributed by atoms with Crippen molar-refractivity contribution in [2.24, 2.45) is 0 Å². The molecule has 21 heavy (non-hydrogen) atoms. The molecule has 6 heteroatoms. The second-order valence-electron chi connectivity index (χ2n) is 5.20. The van der Waals surface area contributed by atoms with Gasteiger partial charge in [0.1, 0.15) is 9.71 Å². The van der Waals surface area contributed by atoms with E-state index in [1.165, 1.54) is 11.3 Å². The van der Waals surface area contributed by atoms with Crippen LogP contribution in [0.1, 0.15) is 28.6 Å². The molecule has 2 heterocycles. The van der Waals surface area contributed by atoms with Gasteiger partial charge in [0.2, 0.25) is 0 Å². The number of thioether (sulfide) groups is 1. The van der Waals surface area contributed by atoms with Gasteiger partial charge in [0.25, 0.3) is 5.91 Å². The molecule has 4 nitrogen and oxygen atoms in total. The van der Waals surface area contributed by atoms with Crippen molar-refractivity contribution in [2.75, 3.05) is 24.8 Å². The molecular weight excluding hydrogens is 302 g/mol. The number of carbonyl (C=O) groups is 1.